The monoisotopic (exact) mass is 670 g/mol. The summed E-state index contributed by atoms with van der Waals surface area (Å²) in [5.74, 6) is -0.424. The zero-order valence-electron chi connectivity index (χ0n) is 26.2. The molecule has 2 aromatic carbocycles. The number of anilines is 1. The molecule has 0 saturated carbocycles. The SMILES string of the molecule is COc1ccc2c(c1)C(C)CN(C1CCN(C(=O)Cn3cc(-c4cccc(F)c4Cl)c(=O)n(C(C)CNC(=O)O)c3=O)CC1)C(=O)N2. The molecule has 2 atom stereocenters. The molecule has 3 N–H and O–H groups in total. The van der Waals surface area contributed by atoms with Gasteiger partial charge in [0.2, 0.25) is 5.91 Å². The first-order chi connectivity index (χ1) is 22.4. The number of urea groups is 1. The van der Waals surface area contributed by atoms with Crippen molar-refractivity contribution in [1.82, 2.24) is 24.3 Å². The third-order valence-electron chi connectivity index (χ3n) is 8.74. The highest BCUT2D eigenvalue weighted by Crippen LogP contribution is 2.34. The average Bonchev–Trinajstić information content (AvgIpc) is 3.17. The predicted octanol–water partition coefficient (Wildman–Crippen LogP) is 3.95. The Morgan fingerprint density at radius 2 is 1.87 bits per heavy atom. The van der Waals surface area contributed by atoms with Gasteiger partial charge < -0.3 is 30.3 Å². The van der Waals surface area contributed by atoms with Crippen LogP contribution >= 0.6 is 11.6 Å². The molecule has 3 aromatic rings. The first-order valence-corrected chi connectivity index (χ1v) is 15.6. The van der Waals surface area contributed by atoms with Crippen LogP contribution in [0.5, 0.6) is 5.75 Å². The second kappa shape index (κ2) is 13.9. The minimum atomic E-state index is -1.34. The van der Waals surface area contributed by atoms with E-state index in [0.29, 0.717) is 38.2 Å². The van der Waals surface area contributed by atoms with Crippen molar-refractivity contribution in [3.8, 4) is 16.9 Å². The summed E-state index contributed by atoms with van der Waals surface area (Å²) >= 11 is 6.19. The molecule has 5 rings (SSSR count). The quantitative estimate of drug-likeness (QED) is 0.328. The lowest BCUT2D eigenvalue weighted by molar-refractivity contribution is -0.133. The molecule has 0 spiro atoms. The van der Waals surface area contributed by atoms with Gasteiger partial charge in [0.25, 0.3) is 5.56 Å². The summed E-state index contributed by atoms with van der Waals surface area (Å²) in [4.78, 5) is 68.3. The van der Waals surface area contributed by atoms with Crippen molar-refractivity contribution >= 4 is 35.3 Å². The average molecular weight is 671 g/mol. The summed E-state index contributed by atoms with van der Waals surface area (Å²) in [5.41, 5.74) is -0.0272. The Kier molecular flexibility index (Phi) is 9.89. The number of nitrogens with one attached hydrogen (secondary N) is 2. The smallest absolute Gasteiger partial charge is 0.404 e. The number of hydrogen-bond donors (Lipinski definition) is 3. The highest BCUT2D eigenvalue weighted by molar-refractivity contribution is 6.33. The molecule has 4 amide bonds. The second-order valence-electron chi connectivity index (χ2n) is 11.8. The van der Waals surface area contributed by atoms with Crippen molar-refractivity contribution < 1.29 is 28.6 Å². The molecular weight excluding hydrogens is 635 g/mol. The molecule has 1 saturated heterocycles. The van der Waals surface area contributed by atoms with Gasteiger partial charge in [0.05, 0.1) is 23.7 Å². The number of halogens is 2. The van der Waals surface area contributed by atoms with E-state index < -0.39 is 41.7 Å². The van der Waals surface area contributed by atoms with Crippen LogP contribution in [0.1, 0.15) is 44.2 Å². The fraction of sp³-hybridized carbons (Fsp3) is 0.406. The number of carbonyl (C=O) groups excluding carboxylic acids is 2. The maximum absolute atomic E-state index is 14.4. The maximum atomic E-state index is 14.4. The van der Waals surface area contributed by atoms with E-state index in [0.717, 1.165) is 26.5 Å². The number of nitrogens with zero attached hydrogens (tertiary/aromatic N) is 4. The normalized spacial score (nSPS) is 17.4. The summed E-state index contributed by atoms with van der Waals surface area (Å²) in [6.07, 6.45) is 0.869. The van der Waals surface area contributed by atoms with Crippen molar-refractivity contribution in [2.75, 3.05) is 38.6 Å². The van der Waals surface area contributed by atoms with Gasteiger partial charge in [-0.3, -0.25) is 18.7 Å². The standard InChI is InChI=1S/C32H36ClFN6O7/c1-18-15-39(30(43)36-26-8-7-21(47-3)13-23(18)26)20-9-11-37(12-10-20)27(41)17-38-16-24(22-5-4-6-25(34)28(22)33)29(42)40(32(38)46)19(2)14-35-31(44)45/h4-8,13,16,18-20,35H,9-12,14-15,17H2,1-3H3,(H,36,43)(H,44,45). The summed E-state index contributed by atoms with van der Waals surface area (Å²) in [6, 6.07) is 8.18. The molecule has 1 aromatic heterocycles. The number of likely N-dealkylation sites (tertiary alicyclic amines) is 1. The molecule has 0 aliphatic carbocycles. The molecule has 15 heteroatoms. The molecule has 3 heterocycles. The van der Waals surface area contributed by atoms with Crippen molar-refractivity contribution in [2.45, 2.75) is 51.2 Å². The minimum absolute atomic E-state index is 0.0244. The number of ether oxygens (including phenoxy) is 1. The van der Waals surface area contributed by atoms with Gasteiger partial charge in [-0.1, -0.05) is 30.7 Å². The number of benzene rings is 2. The molecule has 2 unspecified atom stereocenters. The first kappa shape index (κ1) is 33.5. The van der Waals surface area contributed by atoms with E-state index in [1.807, 2.05) is 19.1 Å². The number of methoxy groups -OCH3 is 1. The van der Waals surface area contributed by atoms with Crippen LogP contribution in [-0.4, -0.2) is 81.4 Å². The van der Waals surface area contributed by atoms with Crippen LogP contribution in [0.4, 0.5) is 19.7 Å². The molecule has 0 bridgehead atoms. The Morgan fingerprint density at radius 1 is 1.15 bits per heavy atom. The van der Waals surface area contributed by atoms with E-state index in [1.54, 1.807) is 23.0 Å². The van der Waals surface area contributed by atoms with Crippen LogP contribution in [-0.2, 0) is 11.3 Å². The van der Waals surface area contributed by atoms with Crippen molar-refractivity contribution in [2.24, 2.45) is 0 Å². The van der Waals surface area contributed by atoms with Crippen molar-refractivity contribution in [3.05, 3.63) is 79.8 Å². The number of rotatable bonds is 8. The van der Waals surface area contributed by atoms with Crippen LogP contribution in [0.2, 0.25) is 5.02 Å². The van der Waals surface area contributed by atoms with Gasteiger partial charge in [0.1, 0.15) is 18.1 Å². The fourth-order valence-corrected chi connectivity index (χ4v) is 6.41. The van der Waals surface area contributed by atoms with Gasteiger partial charge in [-0.05, 0) is 49.6 Å². The Hall–Kier alpha value is -4.85. The number of carbonyl (C=O) groups is 3. The van der Waals surface area contributed by atoms with E-state index >= 15 is 0 Å². The zero-order valence-corrected chi connectivity index (χ0v) is 26.9. The van der Waals surface area contributed by atoms with Crippen LogP contribution in [0, 0.1) is 5.82 Å². The van der Waals surface area contributed by atoms with Crippen molar-refractivity contribution in [1.29, 1.82) is 0 Å². The van der Waals surface area contributed by atoms with Gasteiger partial charge in [-0.25, -0.2) is 18.8 Å². The summed E-state index contributed by atoms with van der Waals surface area (Å²) in [5, 5.41) is 13.9. The lowest BCUT2D eigenvalue weighted by Crippen LogP contribution is -2.51. The zero-order chi connectivity index (χ0) is 34.0. The highest BCUT2D eigenvalue weighted by Gasteiger charge is 2.34. The Balaban J connectivity index is 1.35. The van der Waals surface area contributed by atoms with E-state index in [2.05, 4.69) is 10.6 Å². The summed E-state index contributed by atoms with van der Waals surface area (Å²) in [6.45, 7) is 3.97. The van der Waals surface area contributed by atoms with E-state index in [-0.39, 0.29) is 40.7 Å². The molecule has 0 radical (unpaired) electrons. The molecule has 2 aliphatic heterocycles. The molecule has 250 valence electrons. The molecule has 2 aliphatic rings. The third-order valence-corrected chi connectivity index (χ3v) is 9.13. The predicted molar refractivity (Wildman–Crippen MR) is 173 cm³/mol. The number of aromatic nitrogens is 2. The van der Waals surface area contributed by atoms with Gasteiger partial charge in [-0.15, -0.1) is 0 Å². The number of piperidine rings is 1. The molecule has 1 fully saturated rings. The van der Waals surface area contributed by atoms with Crippen LogP contribution in [0.25, 0.3) is 11.1 Å². The van der Waals surface area contributed by atoms with Gasteiger partial charge in [0.15, 0.2) is 0 Å². The van der Waals surface area contributed by atoms with E-state index in [9.17, 15) is 28.4 Å². The van der Waals surface area contributed by atoms with E-state index in [1.165, 1.54) is 25.3 Å². The van der Waals surface area contributed by atoms with Gasteiger partial charge in [0, 0.05) is 55.6 Å². The van der Waals surface area contributed by atoms with Gasteiger partial charge in [-0.2, -0.15) is 0 Å². The largest absolute Gasteiger partial charge is 0.497 e. The lowest BCUT2D eigenvalue weighted by atomic mass is 9.97. The number of hydrogen-bond acceptors (Lipinski definition) is 6. The Morgan fingerprint density at radius 3 is 2.55 bits per heavy atom. The number of amides is 4. The highest BCUT2D eigenvalue weighted by atomic mass is 35.5. The molecule has 47 heavy (non-hydrogen) atoms. The van der Waals surface area contributed by atoms with Crippen molar-refractivity contribution in [3.63, 3.8) is 0 Å². The summed E-state index contributed by atoms with van der Waals surface area (Å²) < 4.78 is 21.6. The Bertz CT molecular complexity index is 1820. The van der Waals surface area contributed by atoms with Crippen LogP contribution in [0.15, 0.2) is 52.2 Å². The van der Waals surface area contributed by atoms with Gasteiger partial charge >= 0.3 is 17.8 Å². The number of fused-ring (bicyclic) bond motifs is 1. The first-order valence-electron chi connectivity index (χ1n) is 15.2. The molecule has 13 nitrogen and oxygen atoms in total. The minimum Gasteiger partial charge on any atom is -0.497 e. The van der Waals surface area contributed by atoms with Crippen LogP contribution in [0.3, 0.4) is 0 Å². The number of carboxylic acid groups (broad SMARTS) is 1. The third kappa shape index (κ3) is 6.97. The topological polar surface area (TPSA) is 155 Å². The van der Waals surface area contributed by atoms with Crippen LogP contribution < -0.4 is 26.6 Å². The van der Waals surface area contributed by atoms with E-state index in [4.69, 9.17) is 21.4 Å². The Labute approximate surface area is 274 Å². The second-order valence-corrected chi connectivity index (χ2v) is 12.2. The fourth-order valence-electron chi connectivity index (χ4n) is 6.19. The maximum Gasteiger partial charge on any atom is 0.404 e. The molecular formula is C32H36ClFN6O7. The lowest BCUT2D eigenvalue weighted by Gasteiger charge is -2.38. The summed E-state index contributed by atoms with van der Waals surface area (Å²) in [7, 11) is 1.59.